The molecule has 1 saturated carbocycles. The van der Waals surface area contributed by atoms with Gasteiger partial charge < -0.3 is 14.9 Å². The van der Waals surface area contributed by atoms with Gasteiger partial charge in [-0.1, -0.05) is 12.1 Å². The molecule has 2 amide bonds. The number of imide groups is 1. The summed E-state index contributed by atoms with van der Waals surface area (Å²) in [5.74, 6) is -1.26. The van der Waals surface area contributed by atoms with Gasteiger partial charge in [0.2, 0.25) is 0 Å². The highest BCUT2D eigenvalue weighted by Crippen LogP contribution is 2.66. The van der Waals surface area contributed by atoms with Crippen molar-refractivity contribution in [3.05, 3.63) is 71.1 Å². The molecule has 2 aromatic carbocycles. The number of benzene rings is 2. The first-order valence-corrected chi connectivity index (χ1v) is 12.1. The molecule has 3 heterocycles. The van der Waals surface area contributed by atoms with Crippen molar-refractivity contribution in [1.29, 1.82) is 0 Å². The van der Waals surface area contributed by atoms with E-state index in [2.05, 4.69) is 11.5 Å². The molecule has 2 aliphatic carbocycles. The molecule has 1 spiro atoms. The molecule has 180 valence electrons. The number of likely N-dealkylation sites (tertiary alicyclic amines) is 1. The van der Waals surface area contributed by atoms with Crippen molar-refractivity contribution < 1.29 is 28.9 Å². The van der Waals surface area contributed by atoms with Crippen molar-refractivity contribution >= 4 is 11.8 Å². The van der Waals surface area contributed by atoms with E-state index in [-0.39, 0.29) is 22.9 Å². The van der Waals surface area contributed by atoms with Gasteiger partial charge in [0, 0.05) is 18.2 Å². The van der Waals surface area contributed by atoms with Crippen LogP contribution in [0.2, 0.25) is 0 Å². The summed E-state index contributed by atoms with van der Waals surface area (Å²) in [5.41, 5.74) is 0.0127. The van der Waals surface area contributed by atoms with Crippen LogP contribution in [-0.2, 0) is 11.8 Å². The minimum atomic E-state index is -1.16. The Bertz CT molecular complexity index is 1340. The summed E-state index contributed by atoms with van der Waals surface area (Å²) in [6, 6.07) is 6.29. The van der Waals surface area contributed by atoms with Gasteiger partial charge in [-0.15, -0.1) is 6.58 Å². The molecule has 3 aliphatic heterocycles. The van der Waals surface area contributed by atoms with Crippen LogP contribution in [0.4, 0.5) is 4.39 Å². The number of carbonyl (C=O) groups excluding carboxylic acids is 2. The van der Waals surface area contributed by atoms with Gasteiger partial charge in [-0.25, -0.2) is 4.39 Å². The van der Waals surface area contributed by atoms with Crippen molar-refractivity contribution in [1.82, 2.24) is 9.80 Å². The third kappa shape index (κ3) is 2.32. The molecule has 2 aromatic rings. The number of piperidine rings is 1. The summed E-state index contributed by atoms with van der Waals surface area (Å²) in [5, 5.41) is 23.2. The Morgan fingerprint density at radius 1 is 1.17 bits per heavy atom. The van der Waals surface area contributed by atoms with Crippen LogP contribution in [0.1, 0.15) is 51.1 Å². The Morgan fingerprint density at radius 3 is 2.77 bits per heavy atom. The lowest BCUT2D eigenvalue weighted by molar-refractivity contribution is -0.194. The highest BCUT2D eigenvalue weighted by Gasteiger charge is 2.74. The third-order valence-electron chi connectivity index (χ3n) is 9.12. The number of phenolic OH excluding ortho intramolecular Hbond substituents is 1. The van der Waals surface area contributed by atoms with Crippen molar-refractivity contribution in [3.63, 3.8) is 0 Å². The summed E-state index contributed by atoms with van der Waals surface area (Å²) >= 11 is 0. The number of halogens is 1. The number of carbonyl (C=O) groups is 2. The van der Waals surface area contributed by atoms with Gasteiger partial charge in [-0.2, -0.15) is 0 Å². The van der Waals surface area contributed by atoms with Crippen molar-refractivity contribution in [3.8, 4) is 11.5 Å². The van der Waals surface area contributed by atoms with Gasteiger partial charge in [0.1, 0.15) is 11.9 Å². The average molecular weight is 477 g/mol. The Kier molecular flexibility index (Phi) is 4.04. The molecule has 0 radical (unpaired) electrons. The van der Waals surface area contributed by atoms with Gasteiger partial charge in [-0.05, 0) is 62.1 Å². The number of phenols is 1. The first-order chi connectivity index (χ1) is 16.8. The van der Waals surface area contributed by atoms with Crippen LogP contribution in [-0.4, -0.2) is 68.7 Å². The van der Waals surface area contributed by atoms with Crippen molar-refractivity contribution in [2.75, 3.05) is 13.1 Å². The largest absolute Gasteiger partial charge is 0.504 e. The van der Waals surface area contributed by atoms with Gasteiger partial charge in [0.05, 0.1) is 28.2 Å². The second-order valence-electron chi connectivity index (χ2n) is 10.4. The van der Waals surface area contributed by atoms with E-state index >= 15 is 0 Å². The lowest BCUT2D eigenvalue weighted by atomic mass is 9.48. The number of rotatable bonds is 3. The molecule has 2 N–H and O–H groups in total. The molecular formula is C27H25FN2O5. The molecule has 5 atom stereocenters. The summed E-state index contributed by atoms with van der Waals surface area (Å²) in [6.07, 6.45) is 3.00. The van der Waals surface area contributed by atoms with Crippen molar-refractivity contribution in [2.24, 2.45) is 0 Å². The zero-order valence-corrected chi connectivity index (χ0v) is 19.0. The second-order valence-corrected chi connectivity index (χ2v) is 10.4. The van der Waals surface area contributed by atoms with Crippen LogP contribution in [0.5, 0.6) is 11.5 Å². The maximum atomic E-state index is 13.9. The highest BCUT2D eigenvalue weighted by atomic mass is 19.1. The first kappa shape index (κ1) is 21.1. The fourth-order valence-corrected chi connectivity index (χ4v) is 7.79. The SMILES string of the molecule is C=CCN1CC[C@]23c4c5ccc(O)c4O[C@H]2[C@@H](N2C(=O)c4ccc(F)cc4C2=O)CCC3(O)[C@H]1C5. The Hall–Kier alpha value is -3.23. The van der Waals surface area contributed by atoms with E-state index in [1.54, 1.807) is 6.07 Å². The molecule has 35 heavy (non-hydrogen) atoms. The Balaban J connectivity index is 1.39. The van der Waals surface area contributed by atoms with Gasteiger partial charge in [0.15, 0.2) is 11.5 Å². The topological polar surface area (TPSA) is 90.3 Å². The zero-order chi connectivity index (χ0) is 24.3. The fourth-order valence-electron chi connectivity index (χ4n) is 7.79. The molecule has 0 aromatic heterocycles. The van der Waals surface area contributed by atoms with Crippen LogP contribution in [0.25, 0.3) is 0 Å². The summed E-state index contributed by atoms with van der Waals surface area (Å²) in [4.78, 5) is 30.2. The fraction of sp³-hybridized carbons (Fsp3) is 0.407. The maximum absolute atomic E-state index is 13.9. The predicted molar refractivity (Wildman–Crippen MR) is 123 cm³/mol. The Morgan fingerprint density at radius 2 is 1.97 bits per heavy atom. The number of ether oxygens (including phenoxy) is 1. The minimum Gasteiger partial charge on any atom is -0.504 e. The van der Waals surface area contributed by atoms with E-state index in [0.29, 0.717) is 44.5 Å². The second kappa shape index (κ2) is 6.71. The molecule has 1 unspecified atom stereocenters. The van der Waals surface area contributed by atoms with E-state index in [1.807, 2.05) is 12.1 Å². The molecule has 2 bridgehead atoms. The van der Waals surface area contributed by atoms with Gasteiger partial charge in [-0.3, -0.25) is 19.4 Å². The standard InChI is InChI=1S/C27H25FN2O5/c1-2-10-29-11-9-26-21-14-3-6-19(31)22(21)35-23(26)18(7-8-27(26,34)20(29)12-14)30-24(32)16-5-4-15(28)13-17(16)25(30)33/h2-6,13,18,20,23,31,34H,1,7-12H2/t18-,20+,23-,26-,27?/m0/s1. The monoisotopic (exact) mass is 476 g/mol. The molecular weight excluding hydrogens is 451 g/mol. The lowest BCUT2D eigenvalue weighted by Gasteiger charge is -2.64. The van der Waals surface area contributed by atoms with Crippen LogP contribution >= 0.6 is 0 Å². The zero-order valence-electron chi connectivity index (χ0n) is 19.0. The maximum Gasteiger partial charge on any atom is 0.262 e. The number of hydrogen-bond acceptors (Lipinski definition) is 6. The van der Waals surface area contributed by atoms with Crippen LogP contribution in [0, 0.1) is 5.82 Å². The molecule has 7 rings (SSSR count). The third-order valence-corrected chi connectivity index (χ3v) is 9.12. The highest BCUT2D eigenvalue weighted by molar-refractivity contribution is 6.21. The summed E-state index contributed by atoms with van der Waals surface area (Å²) in [7, 11) is 0. The average Bonchev–Trinajstić information content (AvgIpc) is 3.30. The van der Waals surface area contributed by atoms with Crippen LogP contribution < -0.4 is 4.74 Å². The number of amides is 2. The smallest absolute Gasteiger partial charge is 0.262 e. The molecule has 1 saturated heterocycles. The summed E-state index contributed by atoms with van der Waals surface area (Å²) in [6.45, 7) is 5.21. The van der Waals surface area contributed by atoms with Gasteiger partial charge >= 0.3 is 0 Å². The number of fused-ring (bicyclic) bond motifs is 1. The minimum absolute atomic E-state index is 0.00923. The van der Waals surface area contributed by atoms with E-state index < -0.39 is 40.8 Å². The first-order valence-electron chi connectivity index (χ1n) is 12.1. The summed E-state index contributed by atoms with van der Waals surface area (Å²) < 4.78 is 20.4. The molecule has 2 fully saturated rings. The molecule has 7 nitrogen and oxygen atoms in total. The predicted octanol–water partition coefficient (Wildman–Crippen LogP) is 2.54. The van der Waals surface area contributed by atoms with E-state index in [9.17, 15) is 24.2 Å². The molecule has 8 heteroatoms. The molecule has 5 aliphatic rings. The van der Waals surface area contributed by atoms with E-state index in [0.717, 1.165) is 17.2 Å². The number of hydrogen-bond donors (Lipinski definition) is 2. The number of aliphatic hydroxyl groups is 1. The van der Waals surface area contributed by atoms with E-state index in [4.69, 9.17) is 4.74 Å². The van der Waals surface area contributed by atoms with E-state index in [1.165, 1.54) is 17.0 Å². The van der Waals surface area contributed by atoms with Gasteiger partial charge in [0.25, 0.3) is 11.8 Å². The normalized spacial score (nSPS) is 34.5. The number of nitrogens with zero attached hydrogens (tertiary/aromatic N) is 2. The Labute approximate surface area is 201 Å². The van der Waals surface area contributed by atoms with Crippen LogP contribution in [0.3, 0.4) is 0 Å². The number of aromatic hydroxyl groups is 1. The van der Waals surface area contributed by atoms with Crippen molar-refractivity contribution in [2.45, 2.75) is 54.9 Å². The quantitative estimate of drug-likeness (QED) is 0.523. The van der Waals surface area contributed by atoms with Crippen LogP contribution in [0.15, 0.2) is 43.0 Å². The lowest BCUT2D eigenvalue weighted by Crippen LogP contribution is -2.78.